The lowest BCUT2D eigenvalue weighted by molar-refractivity contribution is 0.199. The van der Waals surface area contributed by atoms with Crippen LogP contribution in [0.25, 0.3) is 0 Å². The molecule has 1 aliphatic heterocycles. The van der Waals surface area contributed by atoms with Crippen LogP contribution in [-0.2, 0) is 0 Å². The highest BCUT2D eigenvalue weighted by Crippen LogP contribution is 2.26. The summed E-state index contributed by atoms with van der Waals surface area (Å²) in [6, 6.07) is 2.30. The van der Waals surface area contributed by atoms with Crippen molar-refractivity contribution in [1.82, 2.24) is 9.88 Å². The van der Waals surface area contributed by atoms with E-state index in [1.54, 1.807) is 12.3 Å². The van der Waals surface area contributed by atoms with Gasteiger partial charge in [0.15, 0.2) is 0 Å². The van der Waals surface area contributed by atoms with Crippen molar-refractivity contribution in [2.45, 2.75) is 19.9 Å². The van der Waals surface area contributed by atoms with E-state index in [4.69, 9.17) is 17.3 Å². The van der Waals surface area contributed by atoms with E-state index >= 15 is 0 Å². The highest BCUT2D eigenvalue weighted by atomic mass is 35.5. The van der Waals surface area contributed by atoms with Gasteiger partial charge < -0.3 is 10.6 Å². The first-order valence-corrected chi connectivity index (χ1v) is 6.39. The number of hydrogen-bond donors (Lipinski definition) is 1. The molecule has 2 N–H and O–H groups in total. The van der Waals surface area contributed by atoms with Crippen LogP contribution in [-0.4, -0.2) is 42.1 Å². The zero-order valence-corrected chi connectivity index (χ0v) is 11.1. The first-order valence-electron chi connectivity index (χ1n) is 6.01. The largest absolute Gasteiger partial charge is 0.397 e. The molecule has 1 fully saturated rings. The molecule has 0 bridgehead atoms. The number of rotatable bonds is 2. The van der Waals surface area contributed by atoms with E-state index in [1.807, 2.05) is 0 Å². The third-order valence-corrected chi connectivity index (χ3v) is 3.59. The average molecular weight is 255 g/mol. The molecule has 94 valence electrons. The van der Waals surface area contributed by atoms with Gasteiger partial charge in [0.1, 0.15) is 5.82 Å². The van der Waals surface area contributed by atoms with Gasteiger partial charge in [-0.2, -0.15) is 0 Å². The van der Waals surface area contributed by atoms with Crippen LogP contribution < -0.4 is 10.6 Å². The Labute approximate surface area is 107 Å². The summed E-state index contributed by atoms with van der Waals surface area (Å²) in [7, 11) is 0. The van der Waals surface area contributed by atoms with Crippen LogP contribution in [0.1, 0.15) is 13.8 Å². The predicted octanol–water partition coefficient (Wildman–Crippen LogP) is 1.85. The van der Waals surface area contributed by atoms with Crippen LogP contribution in [0.3, 0.4) is 0 Å². The molecule has 2 heterocycles. The molecule has 0 aliphatic carbocycles. The Morgan fingerprint density at radius 2 is 2.29 bits per heavy atom. The first-order chi connectivity index (χ1) is 8.11. The van der Waals surface area contributed by atoms with E-state index < -0.39 is 0 Å². The second kappa shape index (κ2) is 5.10. The van der Waals surface area contributed by atoms with Crippen LogP contribution in [0.4, 0.5) is 11.5 Å². The van der Waals surface area contributed by atoms with Crippen molar-refractivity contribution >= 4 is 23.1 Å². The number of piperazine rings is 1. The predicted molar refractivity (Wildman–Crippen MR) is 72.6 cm³/mol. The van der Waals surface area contributed by atoms with E-state index in [9.17, 15) is 0 Å². The van der Waals surface area contributed by atoms with Crippen LogP contribution in [0.2, 0.25) is 5.02 Å². The lowest BCUT2D eigenvalue weighted by Crippen LogP contribution is -2.52. The Morgan fingerprint density at radius 3 is 2.88 bits per heavy atom. The van der Waals surface area contributed by atoms with Crippen molar-refractivity contribution in [3.8, 4) is 0 Å². The normalized spacial score (nSPS) is 21.8. The number of anilines is 2. The van der Waals surface area contributed by atoms with Gasteiger partial charge in [-0.1, -0.05) is 18.5 Å². The summed E-state index contributed by atoms with van der Waals surface area (Å²) in [4.78, 5) is 9.03. The summed E-state index contributed by atoms with van der Waals surface area (Å²) >= 11 is 6.18. The molecular formula is C12H19ClN4. The smallest absolute Gasteiger partial charge is 0.147 e. The molecule has 1 unspecified atom stereocenters. The van der Waals surface area contributed by atoms with Crippen molar-refractivity contribution in [1.29, 1.82) is 0 Å². The van der Waals surface area contributed by atoms with Gasteiger partial charge in [0.05, 0.1) is 16.9 Å². The minimum atomic E-state index is 0.532. The van der Waals surface area contributed by atoms with Gasteiger partial charge >= 0.3 is 0 Å². The molecule has 2 rings (SSSR count). The number of nitrogens with zero attached hydrogens (tertiary/aromatic N) is 3. The molecule has 0 amide bonds. The monoisotopic (exact) mass is 254 g/mol. The Kier molecular flexibility index (Phi) is 3.74. The Bertz CT molecular complexity index is 396. The Morgan fingerprint density at radius 1 is 1.53 bits per heavy atom. The van der Waals surface area contributed by atoms with E-state index in [1.165, 1.54) is 0 Å². The number of halogens is 1. The number of hydrogen-bond acceptors (Lipinski definition) is 4. The topological polar surface area (TPSA) is 45.4 Å². The zero-order valence-electron chi connectivity index (χ0n) is 10.4. The van der Waals surface area contributed by atoms with Gasteiger partial charge in [0, 0.05) is 25.7 Å². The number of aromatic nitrogens is 1. The molecule has 5 heteroatoms. The summed E-state index contributed by atoms with van der Waals surface area (Å²) in [5, 5.41) is 0.641. The molecule has 1 saturated heterocycles. The summed E-state index contributed by atoms with van der Waals surface area (Å²) in [5.41, 5.74) is 6.26. The van der Waals surface area contributed by atoms with Gasteiger partial charge in [0.2, 0.25) is 0 Å². The molecule has 17 heavy (non-hydrogen) atoms. The van der Waals surface area contributed by atoms with E-state index in [-0.39, 0.29) is 0 Å². The molecule has 0 spiro atoms. The second-order valence-corrected chi connectivity index (χ2v) is 4.90. The third kappa shape index (κ3) is 2.64. The molecule has 1 atom stereocenters. The minimum Gasteiger partial charge on any atom is -0.397 e. The second-order valence-electron chi connectivity index (χ2n) is 4.50. The van der Waals surface area contributed by atoms with E-state index in [0.717, 1.165) is 32.0 Å². The van der Waals surface area contributed by atoms with Crippen LogP contribution >= 0.6 is 11.6 Å². The van der Waals surface area contributed by atoms with Crippen molar-refractivity contribution in [2.75, 3.05) is 36.8 Å². The fourth-order valence-corrected chi connectivity index (χ4v) is 2.63. The minimum absolute atomic E-state index is 0.532. The maximum Gasteiger partial charge on any atom is 0.147 e. The number of nitrogen functional groups attached to an aromatic ring is 1. The van der Waals surface area contributed by atoms with Crippen LogP contribution in [0.15, 0.2) is 12.3 Å². The number of pyridine rings is 1. The van der Waals surface area contributed by atoms with E-state index in [2.05, 4.69) is 28.6 Å². The van der Waals surface area contributed by atoms with Gasteiger partial charge in [-0.25, -0.2) is 4.98 Å². The Hall–Kier alpha value is -1.00. The highest BCUT2D eigenvalue weighted by molar-refractivity contribution is 6.33. The molecule has 4 nitrogen and oxygen atoms in total. The van der Waals surface area contributed by atoms with Gasteiger partial charge in [-0.15, -0.1) is 0 Å². The first kappa shape index (κ1) is 12.5. The fourth-order valence-electron chi connectivity index (χ4n) is 2.34. The van der Waals surface area contributed by atoms with Gasteiger partial charge in [-0.3, -0.25) is 4.90 Å². The summed E-state index contributed by atoms with van der Waals surface area (Å²) in [6.07, 6.45) is 1.66. The maximum absolute atomic E-state index is 6.18. The quantitative estimate of drug-likeness (QED) is 0.875. The standard InChI is InChI=1S/C12H19ClN4/c1-3-16-4-5-17(8-9(16)2)12-11(13)6-10(14)7-15-12/h6-7,9H,3-5,8,14H2,1-2H3. The van der Waals surface area contributed by atoms with Crippen molar-refractivity contribution in [3.63, 3.8) is 0 Å². The van der Waals surface area contributed by atoms with E-state index in [0.29, 0.717) is 16.8 Å². The summed E-state index contributed by atoms with van der Waals surface area (Å²) < 4.78 is 0. The highest BCUT2D eigenvalue weighted by Gasteiger charge is 2.24. The lowest BCUT2D eigenvalue weighted by Gasteiger charge is -2.40. The molecule has 1 aromatic rings. The molecular weight excluding hydrogens is 236 g/mol. The Balaban J connectivity index is 2.14. The lowest BCUT2D eigenvalue weighted by atomic mass is 10.2. The molecule has 0 aromatic carbocycles. The summed E-state index contributed by atoms with van der Waals surface area (Å²) in [6.45, 7) is 8.51. The van der Waals surface area contributed by atoms with Gasteiger partial charge in [-0.05, 0) is 19.5 Å². The number of likely N-dealkylation sites (N-methyl/N-ethyl adjacent to an activating group) is 1. The maximum atomic E-state index is 6.18. The molecule has 0 saturated carbocycles. The van der Waals surface area contributed by atoms with Crippen LogP contribution in [0.5, 0.6) is 0 Å². The van der Waals surface area contributed by atoms with Crippen molar-refractivity contribution in [3.05, 3.63) is 17.3 Å². The van der Waals surface area contributed by atoms with Gasteiger partial charge in [0.25, 0.3) is 0 Å². The fraction of sp³-hybridized carbons (Fsp3) is 0.583. The average Bonchev–Trinajstić information content (AvgIpc) is 2.29. The SMILES string of the molecule is CCN1CCN(c2ncc(N)cc2Cl)CC1C. The molecule has 1 aliphatic rings. The summed E-state index contributed by atoms with van der Waals surface area (Å²) in [5.74, 6) is 0.850. The van der Waals surface area contributed by atoms with Crippen molar-refractivity contribution < 1.29 is 0 Å². The molecule has 1 aromatic heterocycles. The number of nitrogens with two attached hydrogens (primary N) is 1. The van der Waals surface area contributed by atoms with Crippen LogP contribution in [0, 0.1) is 0 Å². The third-order valence-electron chi connectivity index (χ3n) is 3.31. The molecule has 0 radical (unpaired) electrons. The zero-order chi connectivity index (χ0) is 12.4. The van der Waals surface area contributed by atoms with Crippen molar-refractivity contribution in [2.24, 2.45) is 0 Å².